The Kier molecular flexibility index (Phi) is 6.36. The minimum Gasteiger partial charge on any atom is -0.460 e. The van der Waals surface area contributed by atoms with Crippen LogP contribution in [0.2, 0.25) is 0 Å². The second-order valence-corrected chi connectivity index (χ2v) is 5.41. The Morgan fingerprint density at radius 1 is 1.00 bits per heavy atom. The molecule has 0 aliphatic heterocycles. The minimum atomic E-state index is -0.433. The molecule has 4 heteroatoms. The molecule has 0 aromatic heterocycles. The van der Waals surface area contributed by atoms with Crippen molar-refractivity contribution in [3.8, 4) is 0 Å². The van der Waals surface area contributed by atoms with Gasteiger partial charge in [-0.1, -0.05) is 60.2 Å². The molecule has 0 atom stereocenters. The summed E-state index contributed by atoms with van der Waals surface area (Å²) in [4.78, 5) is 23.4. The van der Waals surface area contributed by atoms with Crippen LogP contribution in [0.4, 0.5) is 0 Å². The van der Waals surface area contributed by atoms with Gasteiger partial charge in [-0.3, -0.25) is 9.59 Å². The van der Waals surface area contributed by atoms with Crippen LogP contribution in [0.1, 0.15) is 23.1 Å². The molecule has 0 aliphatic rings. The maximum absolute atomic E-state index is 11.8. The average molecular weight is 311 g/mol. The summed E-state index contributed by atoms with van der Waals surface area (Å²) in [7, 11) is 0. The Labute approximate surface area is 136 Å². The fourth-order valence-corrected chi connectivity index (χ4v) is 2.17. The van der Waals surface area contributed by atoms with Gasteiger partial charge in [0.15, 0.2) is 0 Å². The van der Waals surface area contributed by atoms with Gasteiger partial charge in [-0.05, 0) is 24.5 Å². The van der Waals surface area contributed by atoms with Gasteiger partial charge in [0.2, 0.25) is 5.91 Å². The van der Waals surface area contributed by atoms with Crippen molar-refractivity contribution >= 4 is 11.9 Å². The predicted molar refractivity (Wildman–Crippen MR) is 88.7 cm³/mol. The third-order valence-corrected chi connectivity index (χ3v) is 3.40. The summed E-state index contributed by atoms with van der Waals surface area (Å²) in [5.74, 6) is -0.582. The van der Waals surface area contributed by atoms with E-state index in [-0.39, 0.29) is 19.1 Å². The highest BCUT2D eigenvalue weighted by Gasteiger charge is 2.07. The highest BCUT2D eigenvalue weighted by atomic mass is 16.5. The van der Waals surface area contributed by atoms with Crippen LogP contribution in [0, 0.1) is 6.92 Å². The third kappa shape index (κ3) is 6.34. The van der Waals surface area contributed by atoms with Crippen molar-refractivity contribution in [2.75, 3.05) is 6.54 Å². The molecular formula is C19H21NO3. The van der Waals surface area contributed by atoms with Crippen LogP contribution in [-0.4, -0.2) is 18.4 Å². The topological polar surface area (TPSA) is 55.4 Å². The van der Waals surface area contributed by atoms with E-state index in [0.717, 1.165) is 11.1 Å². The van der Waals surface area contributed by atoms with Gasteiger partial charge in [0.25, 0.3) is 0 Å². The number of hydrogen-bond donors (Lipinski definition) is 1. The lowest BCUT2D eigenvalue weighted by Crippen LogP contribution is -2.30. The fourth-order valence-electron chi connectivity index (χ4n) is 2.17. The first kappa shape index (κ1) is 16.7. The second kappa shape index (κ2) is 8.73. The molecule has 2 aromatic carbocycles. The predicted octanol–water partition coefficient (Wildman–Crippen LogP) is 2.79. The summed E-state index contributed by atoms with van der Waals surface area (Å²) >= 11 is 0. The first-order chi connectivity index (χ1) is 11.1. The van der Waals surface area contributed by atoms with E-state index in [0.29, 0.717) is 12.8 Å². The number of ether oxygens (including phenoxy) is 1. The molecule has 120 valence electrons. The molecule has 0 unspecified atom stereocenters. The van der Waals surface area contributed by atoms with Gasteiger partial charge in [-0.15, -0.1) is 0 Å². The first-order valence-corrected chi connectivity index (χ1v) is 7.65. The van der Waals surface area contributed by atoms with Crippen LogP contribution < -0.4 is 5.32 Å². The highest BCUT2D eigenvalue weighted by Crippen LogP contribution is 2.06. The Bertz CT molecular complexity index is 653. The van der Waals surface area contributed by atoms with E-state index in [1.807, 2.05) is 55.5 Å². The van der Waals surface area contributed by atoms with Crippen molar-refractivity contribution in [2.24, 2.45) is 0 Å². The SMILES string of the molecule is Cc1cccc(CCC(=O)NCC(=O)OCc2ccccc2)c1. The molecule has 0 saturated heterocycles. The summed E-state index contributed by atoms with van der Waals surface area (Å²) in [6.07, 6.45) is 1.02. The minimum absolute atomic E-state index is 0.0977. The third-order valence-electron chi connectivity index (χ3n) is 3.40. The number of amides is 1. The van der Waals surface area contributed by atoms with Crippen LogP contribution in [0.5, 0.6) is 0 Å². The smallest absolute Gasteiger partial charge is 0.325 e. The quantitative estimate of drug-likeness (QED) is 0.800. The van der Waals surface area contributed by atoms with E-state index >= 15 is 0 Å². The Balaban J connectivity index is 1.64. The summed E-state index contributed by atoms with van der Waals surface area (Å²) in [5.41, 5.74) is 3.21. The van der Waals surface area contributed by atoms with Gasteiger partial charge in [-0.25, -0.2) is 0 Å². The van der Waals surface area contributed by atoms with E-state index in [2.05, 4.69) is 11.4 Å². The van der Waals surface area contributed by atoms with Gasteiger partial charge in [0.1, 0.15) is 13.2 Å². The largest absolute Gasteiger partial charge is 0.460 e. The number of esters is 1. The number of aryl methyl sites for hydroxylation is 2. The zero-order valence-corrected chi connectivity index (χ0v) is 13.2. The summed E-state index contributed by atoms with van der Waals surface area (Å²) in [6, 6.07) is 17.5. The number of hydrogen-bond acceptors (Lipinski definition) is 3. The van der Waals surface area contributed by atoms with E-state index in [1.54, 1.807) is 0 Å². The molecule has 0 fully saturated rings. The second-order valence-electron chi connectivity index (χ2n) is 5.41. The molecule has 0 radical (unpaired) electrons. The van der Waals surface area contributed by atoms with Gasteiger partial charge >= 0.3 is 5.97 Å². The van der Waals surface area contributed by atoms with Crippen LogP contribution in [0.15, 0.2) is 54.6 Å². The Morgan fingerprint density at radius 3 is 2.48 bits per heavy atom. The van der Waals surface area contributed by atoms with E-state index in [1.165, 1.54) is 5.56 Å². The average Bonchev–Trinajstić information content (AvgIpc) is 2.57. The molecule has 1 N–H and O–H groups in total. The maximum Gasteiger partial charge on any atom is 0.325 e. The number of carbonyl (C=O) groups is 2. The molecule has 1 amide bonds. The lowest BCUT2D eigenvalue weighted by molar-refractivity contribution is -0.145. The van der Waals surface area contributed by atoms with Crippen LogP contribution >= 0.6 is 0 Å². The molecule has 0 bridgehead atoms. The Morgan fingerprint density at radius 2 is 1.74 bits per heavy atom. The molecule has 23 heavy (non-hydrogen) atoms. The molecule has 0 saturated carbocycles. The van der Waals surface area contributed by atoms with Crippen molar-refractivity contribution in [1.82, 2.24) is 5.32 Å². The van der Waals surface area contributed by atoms with Crippen LogP contribution in [-0.2, 0) is 27.4 Å². The van der Waals surface area contributed by atoms with Gasteiger partial charge in [0, 0.05) is 6.42 Å². The highest BCUT2D eigenvalue weighted by molar-refractivity contribution is 5.82. The summed E-state index contributed by atoms with van der Waals surface area (Å²) in [5, 5.41) is 2.59. The summed E-state index contributed by atoms with van der Waals surface area (Å²) < 4.78 is 5.10. The standard InChI is InChI=1S/C19H21NO3/c1-15-6-5-9-16(12-15)10-11-18(21)20-13-19(22)23-14-17-7-3-2-4-8-17/h2-9,12H,10-11,13-14H2,1H3,(H,20,21). The number of benzene rings is 2. The Hall–Kier alpha value is -2.62. The zero-order valence-electron chi connectivity index (χ0n) is 13.2. The van der Waals surface area contributed by atoms with Crippen molar-refractivity contribution in [3.05, 3.63) is 71.3 Å². The molecule has 0 heterocycles. The van der Waals surface area contributed by atoms with E-state index in [9.17, 15) is 9.59 Å². The van der Waals surface area contributed by atoms with Crippen molar-refractivity contribution < 1.29 is 14.3 Å². The lowest BCUT2D eigenvalue weighted by atomic mass is 10.1. The van der Waals surface area contributed by atoms with Crippen LogP contribution in [0.25, 0.3) is 0 Å². The normalized spacial score (nSPS) is 10.1. The first-order valence-electron chi connectivity index (χ1n) is 7.65. The van der Waals surface area contributed by atoms with Crippen LogP contribution in [0.3, 0.4) is 0 Å². The molecular weight excluding hydrogens is 290 g/mol. The summed E-state index contributed by atoms with van der Waals surface area (Å²) in [6.45, 7) is 2.14. The van der Waals surface area contributed by atoms with Crippen molar-refractivity contribution in [3.63, 3.8) is 0 Å². The fraction of sp³-hybridized carbons (Fsp3) is 0.263. The van der Waals surface area contributed by atoms with Gasteiger partial charge in [0.05, 0.1) is 0 Å². The number of rotatable bonds is 7. The molecule has 4 nitrogen and oxygen atoms in total. The van der Waals surface area contributed by atoms with Crippen molar-refractivity contribution in [1.29, 1.82) is 0 Å². The molecule has 0 spiro atoms. The zero-order chi connectivity index (χ0) is 16.5. The van der Waals surface area contributed by atoms with E-state index in [4.69, 9.17) is 4.74 Å². The molecule has 0 aliphatic carbocycles. The molecule has 2 rings (SSSR count). The monoisotopic (exact) mass is 311 g/mol. The van der Waals surface area contributed by atoms with E-state index < -0.39 is 5.97 Å². The number of nitrogens with one attached hydrogen (secondary N) is 1. The lowest BCUT2D eigenvalue weighted by Gasteiger charge is -2.07. The molecule has 2 aromatic rings. The van der Waals surface area contributed by atoms with Crippen molar-refractivity contribution in [2.45, 2.75) is 26.4 Å². The maximum atomic E-state index is 11.8. The van der Waals surface area contributed by atoms with Gasteiger partial charge in [-0.2, -0.15) is 0 Å². The van der Waals surface area contributed by atoms with Gasteiger partial charge < -0.3 is 10.1 Å². The number of carbonyl (C=O) groups excluding carboxylic acids is 2.